The SMILES string of the molecule is CCOC(=O)C1=C(O)/C(=C/c2cn(CC(=O)N3CCCC3)c3c(CC)cccc23)SC1=Nc1ccc(C)cc1. The maximum absolute atomic E-state index is 13.1. The number of amides is 1. The lowest BCUT2D eigenvalue weighted by Crippen LogP contribution is -2.30. The minimum Gasteiger partial charge on any atom is -0.506 e. The van der Waals surface area contributed by atoms with Crippen LogP contribution in [0.5, 0.6) is 0 Å². The molecule has 2 aliphatic rings. The van der Waals surface area contributed by atoms with Crippen LogP contribution in [0.25, 0.3) is 17.0 Å². The van der Waals surface area contributed by atoms with E-state index in [4.69, 9.17) is 4.74 Å². The van der Waals surface area contributed by atoms with Crippen molar-refractivity contribution in [3.8, 4) is 0 Å². The molecule has 1 saturated heterocycles. The zero-order chi connectivity index (χ0) is 27.5. The van der Waals surface area contributed by atoms with E-state index in [1.807, 2.05) is 65.1 Å². The first-order valence-electron chi connectivity index (χ1n) is 13.4. The minimum absolute atomic E-state index is 0.0656. The molecule has 0 aliphatic carbocycles. The van der Waals surface area contributed by atoms with Crippen LogP contribution in [0.1, 0.15) is 43.4 Å². The van der Waals surface area contributed by atoms with Gasteiger partial charge in [-0.15, -0.1) is 0 Å². The molecule has 1 N–H and O–H groups in total. The number of rotatable bonds is 7. The molecule has 1 amide bonds. The van der Waals surface area contributed by atoms with Crippen molar-refractivity contribution in [3.63, 3.8) is 0 Å². The van der Waals surface area contributed by atoms with Crippen LogP contribution in [0.2, 0.25) is 0 Å². The zero-order valence-corrected chi connectivity index (χ0v) is 23.4. The van der Waals surface area contributed by atoms with Gasteiger partial charge in [-0.2, -0.15) is 0 Å². The number of carbonyl (C=O) groups excluding carboxylic acids is 2. The van der Waals surface area contributed by atoms with Crippen molar-refractivity contribution in [2.75, 3.05) is 19.7 Å². The molecular formula is C31H33N3O4S. The topological polar surface area (TPSA) is 84.1 Å². The molecule has 202 valence electrons. The standard InChI is InChI=1S/C31H33N3O4S/c1-4-21-9-8-10-24-22(18-34(28(21)24)19-26(35)33-15-6-7-16-33)17-25-29(36)27(31(37)38-5-2)30(39-25)32-23-13-11-20(3)12-14-23/h8-14,17-18,36H,4-7,15-16,19H2,1-3H3/b25-17-,32-30?. The summed E-state index contributed by atoms with van der Waals surface area (Å²) in [4.78, 5) is 33.0. The highest BCUT2D eigenvalue weighted by Gasteiger charge is 2.33. The van der Waals surface area contributed by atoms with Gasteiger partial charge in [0.15, 0.2) is 0 Å². The molecule has 5 rings (SSSR count). The van der Waals surface area contributed by atoms with E-state index in [9.17, 15) is 14.7 Å². The molecule has 8 heteroatoms. The number of para-hydroxylation sites is 1. The number of likely N-dealkylation sites (tertiary alicyclic amines) is 1. The van der Waals surface area contributed by atoms with E-state index in [2.05, 4.69) is 18.0 Å². The Balaban J connectivity index is 1.57. The first-order chi connectivity index (χ1) is 18.9. The van der Waals surface area contributed by atoms with Crippen molar-refractivity contribution < 1.29 is 19.4 Å². The number of hydrogen-bond acceptors (Lipinski definition) is 6. The van der Waals surface area contributed by atoms with Crippen LogP contribution >= 0.6 is 11.8 Å². The summed E-state index contributed by atoms with van der Waals surface area (Å²) in [5, 5.41) is 12.6. The van der Waals surface area contributed by atoms with Crippen LogP contribution in [0.3, 0.4) is 0 Å². The summed E-state index contributed by atoms with van der Waals surface area (Å²) in [7, 11) is 0. The largest absolute Gasteiger partial charge is 0.506 e. The molecule has 2 aliphatic heterocycles. The number of carbonyl (C=O) groups is 2. The molecule has 0 unspecified atom stereocenters. The van der Waals surface area contributed by atoms with Crippen molar-refractivity contribution in [1.29, 1.82) is 0 Å². The molecule has 39 heavy (non-hydrogen) atoms. The van der Waals surface area contributed by atoms with Crippen molar-refractivity contribution >= 4 is 51.3 Å². The Bertz CT molecular complexity index is 1510. The van der Waals surface area contributed by atoms with E-state index < -0.39 is 5.97 Å². The highest BCUT2D eigenvalue weighted by atomic mass is 32.2. The third-order valence-corrected chi connectivity index (χ3v) is 8.10. The van der Waals surface area contributed by atoms with Gasteiger partial charge in [0.25, 0.3) is 0 Å². The van der Waals surface area contributed by atoms with Gasteiger partial charge in [-0.25, -0.2) is 9.79 Å². The van der Waals surface area contributed by atoms with Crippen LogP contribution in [0.4, 0.5) is 5.69 Å². The number of hydrogen-bond donors (Lipinski definition) is 1. The van der Waals surface area contributed by atoms with Gasteiger partial charge in [0.2, 0.25) is 5.91 Å². The third-order valence-electron chi connectivity index (χ3n) is 7.08. The predicted molar refractivity (Wildman–Crippen MR) is 157 cm³/mol. The molecule has 0 spiro atoms. The fourth-order valence-corrected chi connectivity index (χ4v) is 6.10. The molecule has 1 aromatic heterocycles. The first kappa shape index (κ1) is 26.8. The molecule has 0 saturated carbocycles. The summed E-state index contributed by atoms with van der Waals surface area (Å²) in [6.07, 6.45) is 6.77. The smallest absolute Gasteiger partial charge is 0.344 e. The Morgan fingerprint density at radius 3 is 2.54 bits per heavy atom. The number of aliphatic hydroxyl groups is 1. The average Bonchev–Trinajstić information content (AvgIpc) is 3.65. The lowest BCUT2D eigenvalue weighted by atomic mass is 10.1. The first-order valence-corrected chi connectivity index (χ1v) is 14.3. The Labute approximate surface area is 232 Å². The van der Waals surface area contributed by atoms with Gasteiger partial charge in [-0.3, -0.25) is 4.79 Å². The van der Waals surface area contributed by atoms with E-state index in [-0.39, 0.29) is 30.4 Å². The van der Waals surface area contributed by atoms with Gasteiger partial charge in [0.1, 0.15) is 22.9 Å². The predicted octanol–water partition coefficient (Wildman–Crippen LogP) is 6.33. The summed E-state index contributed by atoms with van der Waals surface area (Å²) in [6, 6.07) is 13.8. The maximum Gasteiger partial charge on any atom is 0.344 e. The molecule has 3 aromatic rings. The normalized spacial score (nSPS) is 17.7. The number of aliphatic imine (C=N–C) groups is 1. The summed E-state index contributed by atoms with van der Waals surface area (Å²) in [5.74, 6) is -0.640. The van der Waals surface area contributed by atoms with Crippen LogP contribution < -0.4 is 0 Å². The summed E-state index contributed by atoms with van der Waals surface area (Å²) in [5.41, 5.74) is 4.89. The number of aryl methyl sites for hydroxylation is 2. The molecule has 1 fully saturated rings. The highest BCUT2D eigenvalue weighted by Crippen LogP contribution is 2.41. The maximum atomic E-state index is 13.1. The second kappa shape index (κ2) is 11.5. The van der Waals surface area contributed by atoms with E-state index in [0.29, 0.717) is 15.6 Å². The number of aromatic nitrogens is 1. The monoisotopic (exact) mass is 543 g/mol. The highest BCUT2D eigenvalue weighted by molar-refractivity contribution is 8.18. The Hall–Kier alpha value is -3.78. The van der Waals surface area contributed by atoms with Crippen molar-refractivity contribution in [2.24, 2.45) is 4.99 Å². The lowest BCUT2D eigenvalue weighted by Gasteiger charge is -2.16. The van der Waals surface area contributed by atoms with Gasteiger partial charge in [-0.05, 0) is 56.9 Å². The van der Waals surface area contributed by atoms with Gasteiger partial charge in [0, 0.05) is 30.2 Å². The van der Waals surface area contributed by atoms with Gasteiger partial charge in [-0.1, -0.05) is 54.6 Å². The van der Waals surface area contributed by atoms with E-state index in [1.54, 1.807) is 6.92 Å². The summed E-state index contributed by atoms with van der Waals surface area (Å²) >= 11 is 1.24. The molecule has 2 aromatic carbocycles. The number of esters is 1. The number of fused-ring (bicyclic) bond motifs is 1. The average molecular weight is 544 g/mol. The third kappa shape index (κ3) is 5.52. The number of benzene rings is 2. The Morgan fingerprint density at radius 1 is 1.10 bits per heavy atom. The molecule has 0 atom stereocenters. The summed E-state index contributed by atoms with van der Waals surface area (Å²) in [6.45, 7) is 7.91. The van der Waals surface area contributed by atoms with E-state index >= 15 is 0 Å². The molecule has 0 bridgehead atoms. The zero-order valence-electron chi connectivity index (χ0n) is 22.6. The lowest BCUT2D eigenvalue weighted by molar-refractivity contribution is -0.138. The van der Waals surface area contributed by atoms with E-state index in [0.717, 1.165) is 59.9 Å². The molecule has 3 heterocycles. The van der Waals surface area contributed by atoms with Crippen LogP contribution in [0.15, 0.2) is 69.9 Å². The number of ether oxygens (including phenoxy) is 1. The fraction of sp³-hybridized carbons (Fsp3) is 0.323. The second-order valence-electron chi connectivity index (χ2n) is 9.77. The van der Waals surface area contributed by atoms with Crippen LogP contribution in [-0.4, -0.2) is 51.2 Å². The number of aliphatic hydroxyl groups excluding tert-OH is 1. The van der Waals surface area contributed by atoms with Gasteiger partial charge in [0.05, 0.1) is 22.7 Å². The van der Waals surface area contributed by atoms with Crippen molar-refractivity contribution in [1.82, 2.24) is 9.47 Å². The van der Waals surface area contributed by atoms with Gasteiger partial charge < -0.3 is 19.3 Å². The Kier molecular flexibility index (Phi) is 7.93. The fourth-order valence-electron chi connectivity index (χ4n) is 5.07. The van der Waals surface area contributed by atoms with Crippen LogP contribution in [0, 0.1) is 6.92 Å². The van der Waals surface area contributed by atoms with Crippen molar-refractivity contribution in [2.45, 2.75) is 46.6 Å². The quantitative estimate of drug-likeness (QED) is 0.352. The molecule has 7 nitrogen and oxygen atoms in total. The Morgan fingerprint density at radius 2 is 1.85 bits per heavy atom. The molecular weight excluding hydrogens is 510 g/mol. The van der Waals surface area contributed by atoms with Gasteiger partial charge >= 0.3 is 5.97 Å². The van der Waals surface area contributed by atoms with Crippen molar-refractivity contribution in [3.05, 3.63) is 81.6 Å². The molecule has 0 radical (unpaired) electrons. The van der Waals surface area contributed by atoms with Crippen LogP contribution in [-0.2, 0) is 27.3 Å². The number of nitrogens with zero attached hydrogens (tertiary/aromatic N) is 3. The summed E-state index contributed by atoms with van der Waals surface area (Å²) < 4.78 is 7.28. The second-order valence-corrected chi connectivity index (χ2v) is 10.8. The van der Waals surface area contributed by atoms with E-state index in [1.165, 1.54) is 11.8 Å². The minimum atomic E-state index is -0.608. The number of thioether (sulfide) groups is 1.